The number of rotatable bonds is 4. The van der Waals surface area contributed by atoms with E-state index in [-0.39, 0.29) is 26.8 Å². The van der Waals surface area contributed by atoms with Crippen LogP contribution in [0.15, 0.2) is 81.9 Å². The molecule has 3 aromatic heterocycles. The third-order valence-corrected chi connectivity index (χ3v) is 7.33. The van der Waals surface area contributed by atoms with Gasteiger partial charge in [-0.05, 0) is 66.9 Å². The Morgan fingerprint density at radius 2 is 1.64 bits per heavy atom. The number of para-hydroxylation sites is 2. The van der Waals surface area contributed by atoms with E-state index < -0.39 is 9.84 Å². The molecule has 0 unspecified atom stereocenters. The summed E-state index contributed by atoms with van der Waals surface area (Å²) in [6.45, 7) is 3.80. The Balaban J connectivity index is 1.81. The molecule has 5 aromatic rings. The van der Waals surface area contributed by atoms with Gasteiger partial charge in [0.2, 0.25) is 9.84 Å². The van der Waals surface area contributed by atoms with Crippen molar-refractivity contribution in [2.45, 2.75) is 23.6 Å². The Morgan fingerprint density at radius 3 is 2.33 bits per heavy atom. The number of aromatic nitrogens is 4. The van der Waals surface area contributed by atoms with Gasteiger partial charge in [-0.3, -0.25) is 4.98 Å². The number of sulfone groups is 1. The Hall–Kier alpha value is -4.11. The lowest BCUT2D eigenvalue weighted by Gasteiger charge is -2.07. The van der Waals surface area contributed by atoms with Gasteiger partial charge < -0.3 is 5.73 Å². The van der Waals surface area contributed by atoms with Crippen LogP contribution in [0.3, 0.4) is 0 Å². The minimum Gasteiger partial charge on any atom is -0.382 e. The lowest BCUT2D eigenvalue weighted by atomic mass is 10.1. The molecule has 0 aliphatic carbocycles. The van der Waals surface area contributed by atoms with Crippen molar-refractivity contribution in [1.82, 2.24) is 19.6 Å². The maximum atomic E-state index is 13.7. The smallest absolute Gasteiger partial charge is 0.212 e. The van der Waals surface area contributed by atoms with Gasteiger partial charge in [-0.25, -0.2) is 18.4 Å². The lowest BCUT2D eigenvalue weighted by molar-refractivity contribution is 0.597. The molecular formula is C24H20N6O2S. The van der Waals surface area contributed by atoms with E-state index in [1.807, 2.05) is 26.0 Å². The largest absolute Gasteiger partial charge is 0.382 e. The molecule has 0 bridgehead atoms. The predicted molar refractivity (Wildman–Crippen MR) is 128 cm³/mol. The van der Waals surface area contributed by atoms with E-state index in [0.717, 1.165) is 16.7 Å². The molecule has 0 saturated heterocycles. The zero-order chi connectivity index (χ0) is 23.2. The highest BCUT2D eigenvalue weighted by Crippen LogP contribution is 2.35. The fourth-order valence-electron chi connectivity index (χ4n) is 3.58. The molecule has 2 N–H and O–H groups in total. The second-order valence-corrected chi connectivity index (χ2v) is 9.57. The molecule has 0 aliphatic heterocycles. The number of hydrogen-bond donors (Lipinski definition) is 1. The average Bonchev–Trinajstić information content (AvgIpc) is 3.09. The van der Waals surface area contributed by atoms with Crippen molar-refractivity contribution in [2.24, 2.45) is 5.10 Å². The lowest BCUT2D eigenvalue weighted by Crippen LogP contribution is -2.07. The molecule has 0 atom stereocenters. The summed E-state index contributed by atoms with van der Waals surface area (Å²) in [6, 6.07) is 15.8. The predicted octanol–water partition coefficient (Wildman–Crippen LogP) is 3.89. The van der Waals surface area contributed by atoms with Crippen molar-refractivity contribution in [2.75, 3.05) is 5.73 Å². The number of benzene rings is 2. The molecule has 9 heteroatoms. The molecular weight excluding hydrogens is 436 g/mol. The first-order chi connectivity index (χ1) is 15.9. The fourth-order valence-corrected chi connectivity index (χ4v) is 5.15. The van der Waals surface area contributed by atoms with E-state index >= 15 is 0 Å². The van der Waals surface area contributed by atoms with E-state index in [0.29, 0.717) is 11.0 Å². The highest BCUT2D eigenvalue weighted by Gasteiger charge is 2.30. The van der Waals surface area contributed by atoms with Gasteiger partial charge in [-0.2, -0.15) is 9.78 Å². The maximum Gasteiger partial charge on any atom is 0.212 e. The van der Waals surface area contributed by atoms with Crippen LogP contribution >= 0.6 is 0 Å². The Bertz CT molecular complexity index is 1660. The topological polar surface area (TPSA) is 116 Å². The summed E-state index contributed by atoms with van der Waals surface area (Å²) in [7, 11) is -4.00. The minimum atomic E-state index is -4.00. The molecule has 5 rings (SSSR count). The molecule has 33 heavy (non-hydrogen) atoms. The van der Waals surface area contributed by atoms with Crippen molar-refractivity contribution in [3.05, 3.63) is 83.7 Å². The zero-order valence-electron chi connectivity index (χ0n) is 18.0. The quantitative estimate of drug-likeness (QED) is 0.410. The van der Waals surface area contributed by atoms with E-state index in [1.165, 1.54) is 4.68 Å². The van der Waals surface area contributed by atoms with E-state index in [2.05, 4.69) is 20.1 Å². The van der Waals surface area contributed by atoms with Gasteiger partial charge in [-0.1, -0.05) is 18.2 Å². The van der Waals surface area contributed by atoms with Crippen LogP contribution in [0, 0.1) is 13.8 Å². The van der Waals surface area contributed by atoms with Crippen molar-refractivity contribution < 1.29 is 8.42 Å². The Kier molecular flexibility index (Phi) is 4.90. The standard InChI is InChI=1S/C24H20N6O2S/c1-15-7-8-18(13-16(15)2)33(31,32)22-21-24(29-20-6-4-3-5-19(20)28-21)30(23(22)25)27-14-17-9-11-26-12-10-17/h3-14H,25H2,1-2H3. The van der Waals surface area contributed by atoms with Crippen molar-refractivity contribution in [1.29, 1.82) is 0 Å². The van der Waals surface area contributed by atoms with E-state index in [4.69, 9.17) is 5.73 Å². The molecule has 0 fully saturated rings. The van der Waals surface area contributed by atoms with Crippen LogP contribution in [0.2, 0.25) is 0 Å². The van der Waals surface area contributed by atoms with Crippen molar-refractivity contribution >= 4 is 44.1 Å². The number of anilines is 1. The third-order valence-electron chi connectivity index (χ3n) is 5.51. The van der Waals surface area contributed by atoms with Gasteiger partial charge in [0.05, 0.1) is 22.1 Å². The summed E-state index contributed by atoms with van der Waals surface area (Å²) >= 11 is 0. The summed E-state index contributed by atoms with van der Waals surface area (Å²) < 4.78 is 28.8. The number of pyridine rings is 1. The highest BCUT2D eigenvalue weighted by molar-refractivity contribution is 7.92. The molecule has 0 amide bonds. The number of hydrogen-bond acceptors (Lipinski definition) is 7. The summed E-state index contributed by atoms with van der Waals surface area (Å²) in [5.41, 5.74) is 10.7. The first kappa shape index (κ1) is 20.8. The summed E-state index contributed by atoms with van der Waals surface area (Å²) in [5.74, 6) is -0.0520. The maximum absolute atomic E-state index is 13.7. The Labute approximate surface area is 190 Å². The van der Waals surface area contributed by atoms with Crippen molar-refractivity contribution in [3.63, 3.8) is 0 Å². The summed E-state index contributed by atoms with van der Waals surface area (Å²) in [6.07, 6.45) is 4.85. The second kappa shape index (κ2) is 7.79. The molecule has 0 saturated carbocycles. The normalized spacial score (nSPS) is 12.2. The summed E-state index contributed by atoms with van der Waals surface area (Å²) in [5, 5.41) is 4.44. The minimum absolute atomic E-state index is 0.0520. The van der Waals surface area contributed by atoms with Gasteiger partial charge in [-0.15, -0.1) is 0 Å². The second-order valence-electron chi connectivity index (χ2n) is 7.69. The van der Waals surface area contributed by atoms with E-state index in [1.54, 1.807) is 61.1 Å². The highest BCUT2D eigenvalue weighted by atomic mass is 32.2. The molecule has 3 heterocycles. The van der Waals surface area contributed by atoms with Crippen LogP contribution in [0.5, 0.6) is 0 Å². The van der Waals surface area contributed by atoms with Crippen LogP contribution in [-0.4, -0.2) is 34.3 Å². The third kappa shape index (κ3) is 3.52. The molecule has 0 radical (unpaired) electrons. The van der Waals surface area contributed by atoms with Crippen LogP contribution in [0.4, 0.5) is 5.82 Å². The molecule has 0 aliphatic rings. The van der Waals surface area contributed by atoms with Gasteiger partial charge >= 0.3 is 0 Å². The number of nitrogens with two attached hydrogens (primary N) is 1. The molecule has 2 aromatic carbocycles. The first-order valence-electron chi connectivity index (χ1n) is 10.2. The number of fused-ring (bicyclic) bond motifs is 2. The van der Waals surface area contributed by atoms with Crippen LogP contribution in [-0.2, 0) is 9.84 Å². The SMILES string of the molecule is Cc1ccc(S(=O)(=O)c2c(N)n(N=Cc3ccncc3)c3nc4ccccc4nc23)cc1C. The van der Waals surface area contributed by atoms with Gasteiger partial charge in [0.15, 0.2) is 5.65 Å². The molecule has 164 valence electrons. The van der Waals surface area contributed by atoms with Crippen LogP contribution in [0.1, 0.15) is 16.7 Å². The first-order valence-corrected chi connectivity index (χ1v) is 11.7. The summed E-state index contributed by atoms with van der Waals surface area (Å²) in [4.78, 5) is 13.3. The van der Waals surface area contributed by atoms with E-state index in [9.17, 15) is 8.42 Å². The van der Waals surface area contributed by atoms with Crippen LogP contribution < -0.4 is 5.73 Å². The monoisotopic (exact) mass is 456 g/mol. The zero-order valence-corrected chi connectivity index (χ0v) is 18.8. The van der Waals surface area contributed by atoms with Gasteiger partial charge in [0.25, 0.3) is 0 Å². The van der Waals surface area contributed by atoms with Crippen LogP contribution in [0.25, 0.3) is 22.2 Å². The number of nitrogens with zero attached hydrogens (tertiary/aromatic N) is 5. The van der Waals surface area contributed by atoms with Gasteiger partial charge in [0.1, 0.15) is 16.2 Å². The molecule has 0 spiro atoms. The number of nitrogen functional groups attached to an aromatic ring is 1. The average molecular weight is 457 g/mol. The van der Waals surface area contributed by atoms with Crippen molar-refractivity contribution in [3.8, 4) is 0 Å². The number of aryl methyl sites for hydroxylation is 2. The Morgan fingerprint density at radius 1 is 0.939 bits per heavy atom. The van der Waals surface area contributed by atoms with Gasteiger partial charge in [0, 0.05) is 12.4 Å². The fraction of sp³-hybridized carbons (Fsp3) is 0.0833. The molecule has 8 nitrogen and oxygen atoms in total.